The summed E-state index contributed by atoms with van der Waals surface area (Å²) in [5.74, 6) is 1.20. The molecule has 2 aliphatic rings. The van der Waals surface area contributed by atoms with Crippen LogP contribution in [-0.2, 0) is 4.79 Å². The molecule has 1 heterocycles. The minimum absolute atomic E-state index is 0.0323. The Hall–Kier alpha value is -1.36. The molecule has 124 valence electrons. The Labute approximate surface area is 145 Å². The van der Waals surface area contributed by atoms with Crippen LogP contribution in [0.3, 0.4) is 0 Å². The van der Waals surface area contributed by atoms with E-state index >= 15 is 0 Å². The Morgan fingerprint density at radius 3 is 2.74 bits per heavy atom. The van der Waals surface area contributed by atoms with E-state index < -0.39 is 0 Å². The first-order valence-corrected chi connectivity index (χ1v) is 9.22. The summed E-state index contributed by atoms with van der Waals surface area (Å²) in [6.45, 7) is 2.17. The molecule has 5 heteroatoms. The van der Waals surface area contributed by atoms with E-state index in [9.17, 15) is 9.59 Å². The number of hydrogen-bond donors (Lipinski definition) is 2. The zero-order chi connectivity index (χ0) is 16.4. The van der Waals surface area contributed by atoms with Gasteiger partial charge in [0.1, 0.15) is 0 Å². The van der Waals surface area contributed by atoms with Crippen LogP contribution in [0.2, 0.25) is 0 Å². The average Bonchev–Trinajstić information content (AvgIpc) is 2.54. The van der Waals surface area contributed by atoms with Crippen LogP contribution in [0.5, 0.6) is 0 Å². The van der Waals surface area contributed by atoms with Crippen LogP contribution < -0.4 is 10.6 Å². The molecule has 1 aromatic rings. The molecule has 23 heavy (non-hydrogen) atoms. The van der Waals surface area contributed by atoms with Crippen molar-refractivity contribution in [1.29, 1.82) is 0 Å². The number of rotatable bonds is 3. The van der Waals surface area contributed by atoms with Gasteiger partial charge in [0.2, 0.25) is 5.91 Å². The first kappa shape index (κ1) is 16.5. The van der Waals surface area contributed by atoms with Gasteiger partial charge in [0.25, 0.3) is 5.91 Å². The SMILES string of the molecule is CCC1CC(=O)NC2CC(NC(=O)c3ccc(Br)cc3)CCC12. The van der Waals surface area contributed by atoms with Crippen LogP contribution >= 0.6 is 15.9 Å². The third kappa shape index (κ3) is 3.77. The summed E-state index contributed by atoms with van der Waals surface area (Å²) in [7, 11) is 0. The molecule has 1 aromatic carbocycles. The lowest BCUT2D eigenvalue weighted by atomic mass is 9.70. The van der Waals surface area contributed by atoms with Gasteiger partial charge in [-0.3, -0.25) is 9.59 Å². The lowest BCUT2D eigenvalue weighted by Crippen LogP contribution is -2.55. The first-order chi connectivity index (χ1) is 11.1. The third-order valence-corrected chi connectivity index (χ3v) is 5.80. The topological polar surface area (TPSA) is 58.2 Å². The summed E-state index contributed by atoms with van der Waals surface area (Å²) in [6, 6.07) is 7.74. The number of hydrogen-bond acceptors (Lipinski definition) is 2. The molecule has 4 unspecified atom stereocenters. The zero-order valence-corrected chi connectivity index (χ0v) is 14.9. The standard InChI is InChI=1S/C18H23BrN2O2/c1-2-11-9-17(22)21-16-10-14(7-8-15(11)16)20-18(23)12-3-5-13(19)6-4-12/h3-6,11,14-16H,2,7-10H2,1H3,(H,20,23)(H,21,22). The average molecular weight is 379 g/mol. The summed E-state index contributed by atoms with van der Waals surface area (Å²) >= 11 is 3.38. The molecule has 4 nitrogen and oxygen atoms in total. The molecule has 2 N–H and O–H groups in total. The Morgan fingerprint density at radius 1 is 1.30 bits per heavy atom. The molecule has 1 saturated heterocycles. The molecule has 0 aromatic heterocycles. The number of amides is 2. The molecule has 2 amide bonds. The molecule has 0 spiro atoms. The summed E-state index contributed by atoms with van der Waals surface area (Å²) in [5, 5.41) is 6.27. The monoisotopic (exact) mass is 378 g/mol. The first-order valence-electron chi connectivity index (χ1n) is 8.42. The fourth-order valence-corrected chi connectivity index (χ4v) is 4.29. The van der Waals surface area contributed by atoms with Crippen molar-refractivity contribution in [2.75, 3.05) is 0 Å². The van der Waals surface area contributed by atoms with Gasteiger partial charge < -0.3 is 10.6 Å². The molecule has 1 aliphatic heterocycles. The van der Waals surface area contributed by atoms with Gasteiger partial charge in [0.15, 0.2) is 0 Å². The van der Waals surface area contributed by atoms with E-state index in [2.05, 4.69) is 33.5 Å². The second kappa shape index (κ2) is 7.04. The maximum absolute atomic E-state index is 12.4. The number of benzene rings is 1. The van der Waals surface area contributed by atoms with E-state index in [1.54, 1.807) is 0 Å². The van der Waals surface area contributed by atoms with Crippen molar-refractivity contribution in [2.24, 2.45) is 11.8 Å². The molecular weight excluding hydrogens is 356 g/mol. The predicted octanol–water partition coefficient (Wildman–Crippen LogP) is 3.26. The van der Waals surface area contributed by atoms with Gasteiger partial charge in [-0.2, -0.15) is 0 Å². The highest BCUT2D eigenvalue weighted by atomic mass is 79.9. The number of piperidine rings is 1. The van der Waals surface area contributed by atoms with E-state index in [1.165, 1.54) is 0 Å². The highest BCUT2D eigenvalue weighted by Crippen LogP contribution is 2.37. The Balaban J connectivity index is 1.61. The molecule has 2 fully saturated rings. The molecular formula is C18H23BrN2O2. The van der Waals surface area contributed by atoms with Gasteiger partial charge in [-0.15, -0.1) is 0 Å². The van der Waals surface area contributed by atoms with Gasteiger partial charge in [0.05, 0.1) is 0 Å². The van der Waals surface area contributed by atoms with Crippen LogP contribution in [0.4, 0.5) is 0 Å². The Bertz CT molecular complexity index is 587. The van der Waals surface area contributed by atoms with Crippen molar-refractivity contribution < 1.29 is 9.59 Å². The normalized spacial score (nSPS) is 30.3. The number of nitrogens with one attached hydrogen (secondary N) is 2. The van der Waals surface area contributed by atoms with Crippen molar-refractivity contribution in [2.45, 2.75) is 51.1 Å². The van der Waals surface area contributed by atoms with Crippen molar-refractivity contribution in [3.63, 3.8) is 0 Å². The maximum Gasteiger partial charge on any atom is 0.251 e. The van der Waals surface area contributed by atoms with E-state index in [0.29, 0.717) is 23.8 Å². The van der Waals surface area contributed by atoms with Crippen molar-refractivity contribution in [1.82, 2.24) is 10.6 Å². The van der Waals surface area contributed by atoms with E-state index in [-0.39, 0.29) is 23.9 Å². The summed E-state index contributed by atoms with van der Waals surface area (Å²) < 4.78 is 0.963. The second-order valence-electron chi connectivity index (χ2n) is 6.70. The van der Waals surface area contributed by atoms with Gasteiger partial charge in [-0.1, -0.05) is 29.3 Å². The molecule has 1 aliphatic carbocycles. The fraction of sp³-hybridized carbons (Fsp3) is 0.556. The molecule has 3 rings (SSSR count). The summed E-state index contributed by atoms with van der Waals surface area (Å²) in [6.07, 6.45) is 4.64. The lowest BCUT2D eigenvalue weighted by molar-refractivity contribution is -0.127. The molecule has 4 atom stereocenters. The van der Waals surface area contributed by atoms with Crippen molar-refractivity contribution in [3.05, 3.63) is 34.3 Å². The van der Waals surface area contributed by atoms with E-state index in [0.717, 1.165) is 30.2 Å². The van der Waals surface area contributed by atoms with Crippen molar-refractivity contribution >= 4 is 27.7 Å². The van der Waals surface area contributed by atoms with E-state index in [1.807, 2.05) is 24.3 Å². The van der Waals surface area contributed by atoms with Crippen LogP contribution in [0.25, 0.3) is 0 Å². The van der Waals surface area contributed by atoms with Crippen LogP contribution in [-0.4, -0.2) is 23.9 Å². The molecule has 0 bridgehead atoms. The summed E-state index contributed by atoms with van der Waals surface area (Å²) in [4.78, 5) is 24.2. The lowest BCUT2D eigenvalue weighted by Gasteiger charge is -2.44. The quantitative estimate of drug-likeness (QED) is 0.847. The summed E-state index contributed by atoms with van der Waals surface area (Å²) in [5.41, 5.74) is 0.675. The van der Waals surface area contributed by atoms with Gasteiger partial charge in [-0.25, -0.2) is 0 Å². The highest BCUT2D eigenvalue weighted by molar-refractivity contribution is 9.10. The van der Waals surface area contributed by atoms with Crippen molar-refractivity contribution in [3.8, 4) is 0 Å². The second-order valence-corrected chi connectivity index (χ2v) is 7.62. The minimum Gasteiger partial charge on any atom is -0.353 e. The predicted molar refractivity (Wildman–Crippen MR) is 93.1 cm³/mol. The molecule has 1 saturated carbocycles. The van der Waals surface area contributed by atoms with Crippen LogP contribution in [0.1, 0.15) is 49.4 Å². The van der Waals surface area contributed by atoms with Gasteiger partial charge >= 0.3 is 0 Å². The molecule has 0 radical (unpaired) electrons. The Morgan fingerprint density at radius 2 is 2.04 bits per heavy atom. The number of fused-ring (bicyclic) bond motifs is 1. The van der Waals surface area contributed by atoms with Gasteiger partial charge in [-0.05, 0) is 55.4 Å². The maximum atomic E-state index is 12.4. The van der Waals surface area contributed by atoms with E-state index in [4.69, 9.17) is 0 Å². The number of carbonyl (C=O) groups is 2. The third-order valence-electron chi connectivity index (χ3n) is 5.27. The highest BCUT2D eigenvalue weighted by Gasteiger charge is 2.40. The zero-order valence-electron chi connectivity index (χ0n) is 13.3. The van der Waals surface area contributed by atoms with Crippen LogP contribution in [0, 0.1) is 11.8 Å². The largest absolute Gasteiger partial charge is 0.353 e. The Kier molecular flexibility index (Phi) is 5.05. The van der Waals surface area contributed by atoms with Crippen LogP contribution in [0.15, 0.2) is 28.7 Å². The number of carbonyl (C=O) groups excluding carboxylic acids is 2. The minimum atomic E-state index is -0.0323. The smallest absolute Gasteiger partial charge is 0.251 e. The van der Waals surface area contributed by atoms with Gasteiger partial charge in [0, 0.05) is 28.5 Å². The fourth-order valence-electron chi connectivity index (χ4n) is 4.03. The number of halogens is 1.